The predicted octanol–water partition coefficient (Wildman–Crippen LogP) is 16.6. The monoisotopic (exact) mass is 1090 g/mol. The number of esters is 2. The van der Waals surface area contributed by atoms with Crippen molar-refractivity contribution < 1.29 is 42.9 Å². The molecule has 9 heteroatoms. The molecule has 0 spiro atoms. The zero-order valence-corrected chi connectivity index (χ0v) is 49.6. The van der Waals surface area contributed by atoms with Crippen LogP contribution in [0.1, 0.15) is 168 Å². The third-order valence-electron chi connectivity index (χ3n) is 11.3. The molecule has 0 aromatic carbocycles. The van der Waals surface area contributed by atoms with E-state index in [1.54, 1.807) is 0 Å². The van der Waals surface area contributed by atoms with Crippen LogP contribution in [0, 0.1) is 0 Å². The first-order valence-corrected chi connectivity index (χ1v) is 29.6. The lowest BCUT2D eigenvalue weighted by Crippen LogP contribution is -2.44. The smallest absolute Gasteiger partial charge is 0.306 e. The number of hydrogen-bond acceptors (Lipinski definition) is 8. The molecule has 79 heavy (non-hydrogen) atoms. The lowest BCUT2D eigenvalue weighted by Gasteiger charge is -2.26. The molecule has 9 nitrogen and oxygen atoms in total. The minimum atomic E-state index is -1.66. The summed E-state index contributed by atoms with van der Waals surface area (Å²) in [5, 5.41) is 11.8. The molecule has 2 unspecified atom stereocenters. The molecule has 0 amide bonds. The second-order valence-electron chi connectivity index (χ2n) is 19.8. The van der Waals surface area contributed by atoms with Crippen molar-refractivity contribution in [2.24, 2.45) is 0 Å². The highest BCUT2D eigenvalue weighted by atomic mass is 16.7. The first-order chi connectivity index (χ1) is 38.6. The molecule has 0 aliphatic heterocycles. The van der Waals surface area contributed by atoms with Crippen LogP contribution in [0.25, 0.3) is 0 Å². The molecular weight excluding hydrogens is 983 g/mol. The Morgan fingerprint density at radius 2 is 0.696 bits per heavy atom. The molecule has 0 fully saturated rings. The number of aliphatic carboxylic acids is 1. The highest BCUT2D eigenvalue weighted by molar-refractivity contribution is 5.70. The maximum Gasteiger partial charge on any atom is 0.306 e. The van der Waals surface area contributed by atoms with Gasteiger partial charge in [0.15, 0.2) is 12.4 Å². The van der Waals surface area contributed by atoms with E-state index in [4.69, 9.17) is 18.9 Å². The molecule has 0 aliphatic rings. The summed E-state index contributed by atoms with van der Waals surface area (Å²) in [6.45, 7) is 4.36. The van der Waals surface area contributed by atoms with Gasteiger partial charge >= 0.3 is 11.9 Å². The average Bonchev–Trinajstić information content (AvgIpc) is 3.42. The van der Waals surface area contributed by atoms with E-state index in [2.05, 4.69) is 202 Å². The van der Waals surface area contributed by atoms with E-state index < -0.39 is 30.3 Å². The van der Waals surface area contributed by atoms with E-state index >= 15 is 0 Å². The zero-order valence-electron chi connectivity index (χ0n) is 49.6. The number of ether oxygens (including phenoxy) is 4. The van der Waals surface area contributed by atoms with Gasteiger partial charge in [-0.05, 0) is 135 Å². The van der Waals surface area contributed by atoms with Gasteiger partial charge in [-0.25, -0.2) is 0 Å². The number of carboxylic acid groups (broad SMARTS) is 1. The minimum absolute atomic E-state index is 0.120. The van der Waals surface area contributed by atoms with Crippen molar-refractivity contribution in [1.29, 1.82) is 0 Å². The van der Waals surface area contributed by atoms with Gasteiger partial charge in [0.05, 0.1) is 40.3 Å². The molecule has 0 heterocycles. The summed E-state index contributed by atoms with van der Waals surface area (Å²) in [6.07, 6.45) is 87.8. The van der Waals surface area contributed by atoms with E-state index in [0.29, 0.717) is 23.9 Å². The normalized spacial score (nSPS) is 14.2. The highest BCUT2D eigenvalue weighted by Gasteiger charge is 2.21. The van der Waals surface area contributed by atoms with Gasteiger partial charge in [0.25, 0.3) is 0 Å². The van der Waals surface area contributed by atoms with Gasteiger partial charge in [-0.1, -0.05) is 215 Å². The van der Waals surface area contributed by atoms with E-state index in [0.717, 1.165) is 128 Å². The standard InChI is InChI=1S/C70H105NO8/c1-6-8-10-12-14-16-18-20-22-24-25-26-27-28-29-30-31-32-33-34-35-36-37-38-39-40-41-42-43-45-47-49-51-53-55-57-59-61-68(73)79-66(65-78-70(69(74)75)76-63-62-71(3,4)5)64-77-67(72)60-58-56-54-52-50-48-46-44-23-21-19-17-15-13-11-9-7-2/h8-11,14-17,20-23,25-26,28-29,31-32,34-35,37-38,40-41,43,45-46,48-49,51-52,54,66,70H,6-7,12-13,18-19,24,27,30,33,36,39,42,44,47,50,53,55-65H2,1-5H3/b10-8-,11-9-,16-14-,17-15-,22-20-,23-21-,26-25-,29-28-,32-31-,35-34-,38-37-,41-40-,45-43-,48-46-,51-49-,54-52-. The number of nitrogens with zero attached hydrogens (tertiary/aromatic N) is 1. The summed E-state index contributed by atoms with van der Waals surface area (Å²) in [5.74, 6) is -2.44. The topological polar surface area (TPSA) is 111 Å². The largest absolute Gasteiger partial charge is 0.545 e. The van der Waals surface area contributed by atoms with Gasteiger partial charge in [-0.15, -0.1) is 0 Å². The molecule has 0 aromatic heterocycles. The number of hydrogen-bond donors (Lipinski definition) is 0. The Hall–Kier alpha value is -5.87. The molecule has 0 radical (unpaired) electrons. The quantitative estimate of drug-likeness (QED) is 0.0195. The number of carbonyl (C=O) groups excluding carboxylic acids is 3. The molecular formula is C70H105NO8. The van der Waals surface area contributed by atoms with E-state index in [1.807, 2.05) is 27.2 Å². The number of allylic oxidation sites excluding steroid dienone is 32. The lowest BCUT2D eigenvalue weighted by atomic mass is 10.1. The first-order valence-electron chi connectivity index (χ1n) is 29.6. The van der Waals surface area contributed by atoms with Gasteiger partial charge in [0.1, 0.15) is 13.2 Å². The van der Waals surface area contributed by atoms with Crippen LogP contribution in [0.4, 0.5) is 0 Å². The fourth-order valence-corrected chi connectivity index (χ4v) is 6.87. The van der Waals surface area contributed by atoms with Crippen LogP contribution in [0.15, 0.2) is 194 Å². The summed E-state index contributed by atoms with van der Waals surface area (Å²) in [7, 11) is 5.87. The Bertz CT molecular complexity index is 1990. The molecule has 0 saturated heterocycles. The van der Waals surface area contributed by atoms with Crippen molar-refractivity contribution >= 4 is 17.9 Å². The SMILES string of the molecule is CC/C=C\C/C=C\C/C=C\C/C=C\C/C=C\C/C=C\C/C=C\C/C=C\C/C=C\C/C=C\C/C=C\CCCCCC(=O)OC(COC(=O)CCC/C=C\C/C=C\C/C=C\C/C=C\C/C=C\CC)COC(OCC[N+](C)(C)C)C(=O)[O-]. The Balaban J connectivity index is 4.39. The summed E-state index contributed by atoms with van der Waals surface area (Å²) >= 11 is 0. The van der Waals surface area contributed by atoms with Crippen LogP contribution in [0.5, 0.6) is 0 Å². The molecule has 2 atom stereocenters. The van der Waals surface area contributed by atoms with Crippen molar-refractivity contribution in [1.82, 2.24) is 0 Å². The highest BCUT2D eigenvalue weighted by Crippen LogP contribution is 2.10. The number of carboxylic acids is 1. The predicted molar refractivity (Wildman–Crippen MR) is 333 cm³/mol. The maximum absolute atomic E-state index is 12.9. The fraction of sp³-hybridized carbons (Fsp3) is 0.500. The summed E-state index contributed by atoms with van der Waals surface area (Å²) < 4.78 is 22.5. The molecule has 0 rings (SSSR count). The van der Waals surface area contributed by atoms with Crippen molar-refractivity contribution in [2.75, 3.05) is 47.5 Å². The van der Waals surface area contributed by atoms with Crippen LogP contribution >= 0.6 is 0 Å². The van der Waals surface area contributed by atoms with Crippen molar-refractivity contribution in [3.05, 3.63) is 194 Å². The van der Waals surface area contributed by atoms with Crippen LogP contribution in [0.2, 0.25) is 0 Å². The van der Waals surface area contributed by atoms with E-state index in [1.165, 1.54) is 0 Å². The molecule has 0 saturated carbocycles. The number of rotatable bonds is 51. The molecule has 0 aromatic rings. The fourth-order valence-electron chi connectivity index (χ4n) is 6.87. The Labute approximate surface area is 481 Å². The summed E-state index contributed by atoms with van der Waals surface area (Å²) in [5.41, 5.74) is 0. The number of carbonyl (C=O) groups is 3. The zero-order chi connectivity index (χ0) is 57.6. The van der Waals surface area contributed by atoms with Crippen molar-refractivity contribution in [3.63, 3.8) is 0 Å². The third-order valence-corrected chi connectivity index (χ3v) is 11.3. The lowest BCUT2D eigenvalue weighted by molar-refractivity contribution is -0.870. The van der Waals surface area contributed by atoms with Gasteiger partial charge in [-0.3, -0.25) is 9.59 Å². The second-order valence-corrected chi connectivity index (χ2v) is 19.8. The van der Waals surface area contributed by atoms with Gasteiger partial charge in [0, 0.05) is 12.8 Å². The summed E-state index contributed by atoms with van der Waals surface area (Å²) in [4.78, 5) is 37.2. The van der Waals surface area contributed by atoms with E-state index in [9.17, 15) is 19.5 Å². The van der Waals surface area contributed by atoms with Crippen molar-refractivity contribution in [2.45, 2.75) is 180 Å². The van der Waals surface area contributed by atoms with Gasteiger partial charge in [-0.2, -0.15) is 0 Å². The van der Waals surface area contributed by atoms with Gasteiger partial charge < -0.3 is 33.3 Å². The molecule has 0 aliphatic carbocycles. The first kappa shape index (κ1) is 73.1. The van der Waals surface area contributed by atoms with Crippen LogP contribution in [-0.2, 0) is 33.3 Å². The maximum atomic E-state index is 12.9. The number of unbranched alkanes of at least 4 members (excludes halogenated alkanes) is 4. The van der Waals surface area contributed by atoms with Crippen molar-refractivity contribution in [3.8, 4) is 0 Å². The third kappa shape index (κ3) is 59.6. The van der Waals surface area contributed by atoms with Crippen LogP contribution < -0.4 is 5.11 Å². The van der Waals surface area contributed by atoms with Gasteiger partial charge in [0.2, 0.25) is 0 Å². The van der Waals surface area contributed by atoms with E-state index in [-0.39, 0.29) is 32.7 Å². The second kappa shape index (κ2) is 58.3. The van der Waals surface area contributed by atoms with Crippen LogP contribution in [-0.4, -0.2) is 82.3 Å². The number of likely N-dealkylation sites (N-methyl/N-ethyl adjacent to an activating group) is 1. The molecule has 0 bridgehead atoms. The summed E-state index contributed by atoms with van der Waals surface area (Å²) in [6, 6.07) is 0. The molecule has 0 N–H and O–H groups in total. The molecule has 438 valence electrons. The minimum Gasteiger partial charge on any atom is -0.545 e. The Morgan fingerprint density at radius 1 is 0.380 bits per heavy atom. The Morgan fingerprint density at radius 3 is 1.03 bits per heavy atom. The Kier molecular flexibility index (Phi) is 54.0. The average molecular weight is 1090 g/mol. The van der Waals surface area contributed by atoms with Crippen LogP contribution in [0.3, 0.4) is 0 Å². The number of quaternary nitrogens is 1.